The average Bonchev–Trinajstić information content (AvgIpc) is 2.42. The zero-order valence-corrected chi connectivity index (χ0v) is 12.3. The first-order valence-electron chi connectivity index (χ1n) is 6.54. The lowest BCUT2D eigenvalue weighted by Gasteiger charge is -2.12. The van der Waals surface area contributed by atoms with Gasteiger partial charge in [0.1, 0.15) is 5.75 Å². The van der Waals surface area contributed by atoms with E-state index in [1.54, 1.807) is 13.2 Å². The molecule has 7 nitrogen and oxygen atoms in total. The summed E-state index contributed by atoms with van der Waals surface area (Å²) in [7, 11) is 1.64. The Hall–Kier alpha value is -2.12. The molecule has 0 aliphatic heterocycles. The van der Waals surface area contributed by atoms with Crippen molar-refractivity contribution < 1.29 is 19.1 Å². The summed E-state index contributed by atoms with van der Waals surface area (Å²) in [5.41, 5.74) is 6.88. The van der Waals surface area contributed by atoms with E-state index in [0.717, 1.165) is 11.1 Å². The molecule has 0 saturated heterocycles. The summed E-state index contributed by atoms with van der Waals surface area (Å²) in [6.45, 7) is 3.63. The second kappa shape index (κ2) is 8.93. The number of methoxy groups -OCH3 is 1. The van der Waals surface area contributed by atoms with Gasteiger partial charge in [0.05, 0.1) is 6.61 Å². The van der Waals surface area contributed by atoms with Crippen LogP contribution in [0, 0.1) is 6.92 Å². The third-order valence-electron chi connectivity index (χ3n) is 2.64. The van der Waals surface area contributed by atoms with Gasteiger partial charge in [0.2, 0.25) is 0 Å². The van der Waals surface area contributed by atoms with Crippen molar-refractivity contribution in [1.82, 2.24) is 10.6 Å². The summed E-state index contributed by atoms with van der Waals surface area (Å²) in [6, 6.07) is 4.76. The summed E-state index contributed by atoms with van der Waals surface area (Å²) in [4.78, 5) is 21.9. The molecular weight excluding hydrogens is 274 g/mol. The summed E-state index contributed by atoms with van der Waals surface area (Å²) in [6.07, 6.45) is 0. The minimum Gasteiger partial charge on any atom is -0.483 e. The van der Waals surface area contributed by atoms with Crippen molar-refractivity contribution in [3.63, 3.8) is 0 Å². The van der Waals surface area contributed by atoms with Crippen molar-refractivity contribution >= 4 is 11.9 Å². The van der Waals surface area contributed by atoms with Crippen LogP contribution in [0.5, 0.6) is 5.75 Å². The lowest BCUT2D eigenvalue weighted by Crippen LogP contribution is -2.38. The monoisotopic (exact) mass is 295 g/mol. The molecule has 0 saturated carbocycles. The molecule has 21 heavy (non-hydrogen) atoms. The smallest absolute Gasteiger partial charge is 0.318 e. The molecule has 0 unspecified atom stereocenters. The van der Waals surface area contributed by atoms with Gasteiger partial charge in [-0.1, -0.05) is 17.7 Å². The molecule has 0 aliphatic rings. The van der Waals surface area contributed by atoms with Gasteiger partial charge in [-0.2, -0.15) is 0 Å². The van der Waals surface area contributed by atoms with E-state index in [0.29, 0.717) is 25.4 Å². The lowest BCUT2D eigenvalue weighted by atomic mass is 10.1. The van der Waals surface area contributed by atoms with Crippen LogP contribution in [0.1, 0.15) is 11.1 Å². The molecule has 0 heterocycles. The van der Waals surface area contributed by atoms with Gasteiger partial charge in [-0.25, -0.2) is 4.79 Å². The number of benzene rings is 1. The fourth-order valence-electron chi connectivity index (χ4n) is 1.70. The summed E-state index contributed by atoms with van der Waals surface area (Å²) in [5.74, 6) is 0.00602. The normalized spacial score (nSPS) is 10.2. The maximum Gasteiger partial charge on any atom is 0.318 e. The molecule has 0 atom stereocenters. The Bertz CT molecular complexity index is 491. The number of hydrogen-bond donors (Lipinski definition) is 3. The minimum absolute atomic E-state index is 0.267. The van der Waals surface area contributed by atoms with Crippen LogP contribution in [0.2, 0.25) is 0 Å². The highest BCUT2D eigenvalue weighted by Gasteiger charge is 2.08. The molecule has 0 fully saturated rings. The molecule has 4 N–H and O–H groups in total. The molecule has 0 spiro atoms. The second-order valence-electron chi connectivity index (χ2n) is 4.48. The summed E-state index contributed by atoms with van der Waals surface area (Å²) >= 11 is 0. The van der Waals surface area contributed by atoms with E-state index < -0.39 is 11.9 Å². The Kier molecular flexibility index (Phi) is 7.20. The highest BCUT2D eigenvalue weighted by molar-refractivity contribution is 5.94. The largest absolute Gasteiger partial charge is 0.483 e. The van der Waals surface area contributed by atoms with E-state index in [1.165, 1.54) is 0 Å². The number of hydrogen-bond acceptors (Lipinski definition) is 5. The third kappa shape index (κ3) is 6.73. The Morgan fingerprint density at radius 2 is 2.10 bits per heavy atom. The van der Waals surface area contributed by atoms with Crippen molar-refractivity contribution in [3.05, 3.63) is 29.3 Å². The minimum atomic E-state index is -0.894. The molecule has 0 aliphatic carbocycles. The Labute approximate surface area is 123 Å². The highest BCUT2D eigenvalue weighted by Crippen LogP contribution is 2.19. The standard InChI is InChI=1S/C14H21N3O4/c1-10-3-4-12(21-9-13(18)17-14(15)19)11(7-10)8-16-5-6-20-2/h3-4,7,16H,5-6,8-9H2,1-2H3,(H3,15,17,18,19). The van der Waals surface area contributed by atoms with Crippen molar-refractivity contribution in [2.75, 3.05) is 26.9 Å². The van der Waals surface area contributed by atoms with Crippen molar-refractivity contribution in [2.45, 2.75) is 13.5 Å². The number of nitrogens with one attached hydrogen (secondary N) is 2. The number of aryl methyl sites for hydroxylation is 1. The van der Waals surface area contributed by atoms with Crippen LogP contribution < -0.4 is 21.1 Å². The van der Waals surface area contributed by atoms with Crippen molar-refractivity contribution in [2.24, 2.45) is 5.73 Å². The topological polar surface area (TPSA) is 103 Å². The second-order valence-corrected chi connectivity index (χ2v) is 4.48. The van der Waals surface area contributed by atoms with Gasteiger partial charge in [0.15, 0.2) is 6.61 Å². The predicted octanol–water partition coefficient (Wildman–Crippen LogP) is 0.305. The van der Waals surface area contributed by atoms with E-state index in [1.807, 2.05) is 24.4 Å². The fraction of sp³-hybridized carbons (Fsp3) is 0.429. The van der Waals surface area contributed by atoms with E-state index in [4.69, 9.17) is 15.2 Å². The molecule has 0 radical (unpaired) electrons. The molecule has 3 amide bonds. The molecule has 7 heteroatoms. The Morgan fingerprint density at radius 1 is 1.33 bits per heavy atom. The van der Waals surface area contributed by atoms with Crippen LogP contribution in [-0.2, 0) is 16.1 Å². The lowest BCUT2D eigenvalue weighted by molar-refractivity contribution is -0.121. The SMILES string of the molecule is COCCNCc1cc(C)ccc1OCC(=O)NC(N)=O. The zero-order valence-electron chi connectivity index (χ0n) is 12.3. The molecule has 116 valence electrons. The van der Waals surface area contributed by atoms with Gasteiger partial charge < -0.3 is 20.5 Å². The van der Waals surface area contributed by atoms with Crippen LogP contribution in [0.15, 0.2) is 18.2 Å². The van der Waals surface area contributed by atoms with Crippen molar-refractivity contribution in [3.8, 4) is 5.75 Å². The predicted molar refractivity (Wildman–Crippen MR) is 78.0 cm³/mol. The number of ether oxygens (including phenoxy) is 2. The average molecular weight is 295 g/mol. The van der Waals surface area contributed by atoms with Gasteiger partial charge in [0.25, 0.3) is 5.91 Å². The first-order valence-corrected chi connectivity index (χ1v) is 6.54. The van der Waals surface area contributed by atoms with Gasteiger partial charge in [-0.05, 0) is 13.0 Å². The van der Waals surface area contributed by atoms with E-state index in [2.05, 4.69) is 5.32 Å². The number of carbonyl (C=O) groups is 2. The highest BCUT2D eigenvalue weighted by atomic mass is 16.5. The Balaban J connectivity index is 2.59. The molecule has 0 aromatic heterocycles. The molecule has 1 rings (SSSR count). The van der Waals surface area contributed by atoms with E-state index >= 15 is 0 Å². The van der Waals surface area contributed by atoms with Gasteiger partial charge >= 0.3 is 6.03 Å². The fourth-order valence-corrected chi connectivity index (χ4v) is 1.70. The summed E-state index contributed by atoms with van der Waals surface area (Å²) < 4.78 is 10.4. The van der Waals surface area contributed by atoms with Crippen LogP contribution >= 0.6 is 0 Å². The first kappa shape index (κ1) is 16.9. The van der Waals surface area contributed by atoms with E-state index in [-0.39, 0.29) is 6.61 Å². The number of amides is 3. The zero-order chi connectivity index (χ0) is 15.7. The number of rotatable bonds is 8. The van der Waals surface area contributed by atoms with Gasteiger partial charge in [-0.15, -0.1) is 0 Å². The quantitative estimate of drug-likeness (QED) is 0.599. The number of carbonyl (C=O) groups excluding carboxylic acids is 2. The third-order valence-corrected chi connectivity index (χ3v) is 2.64. The molecular formula is C14H21N3O4. The number of primary amides is 1. The number of imide groups is 1. The van der Waals surface area contributed by atoms with Crippen LogP contribution in [0.3, 0.4) is 0 Å². The first-order chi connectivity index (χ1) is 10.0. The Morgan fingerprint density at radius 3 is 2.76 bits per heavy atom. The molecule has 1 aromatic rings. The van der Waals surface area contributed by atoms with Crippen LogP contribution in [0.4, 0.5) is 4.79 Å². The summed E-state index contributed by atoms with van der Waals surface area (Å²) in [5, 5.41) is 5.16. The maximum absolute atomic E-state index is 11.3. The number of urea groups is 1. The van der Waals surface area contributed by atoms with Crippen LogP contribution in [-0.4, -0.2) is 38.8 Å². The molecule has 0 bridgehead atoms. The van der Waals surface area contributed by atoms with Crippen molar-refractivity contribution in [1.29, 1.82) is 0 Å². The van der Waals surface area contributed by atoms with Gasteiger partial charge in [0, 0.05) is 25.8 Å². The van der Waals surface area contributed by atoms with E-state index in [9.17, 15) is 9.59 Å². The number of nitrogens with two attached hydrogens (primary N) is 1. The van der Waals surface area contributed by atoms with Crippen LogP contribution in [0.25, 0.3) is 0 Å². The molecule has 1 aromatic carbocycles. The van der Waals surface area contributed by atoms with Gasteiger partial charge in [-0.3, -0.25) is 10.1 Å². The maximum atomic E-state index is 11.3.